The van der Waals surface area contributed by atoms with Gasteiger partial charge < -0.3 is 25.6 Å². The van der Waals surface area contributed by atoms with E-state index in [0.717, 1.165) is 16.9 Å². The number of nitrogens with one attached hydrogen (secondary N) is 2. The fourth-order valence-electron chi connectivity index (χ4n) is 2.04. The molecule has 2 rings (SSSR count). The van der Waals surface area contributed by atoms with Crippen LogP contribution in [0, 0.1) is 0 Å². The molecule has 0 fully saturated rings. The fourth-order valence-corrected chi connectivity index (χ4v) is 2.04. The molecule has 0 heterocycles. The lowest BCUT2D eigenvalue weighted by atomic mass is 10.1. The molecule has 2 amide bonds. The van der Waals surface area contributed by atoms with Crippen LogP contribution in [0.3, 0.4) is 0 Å². The van der Waals surface area contributed by atoms with E-state index in [1.165, 1.54) is 0 Å². The minimum absolute atomic E-state index is 0.157. The number of amides is 2. The Hall–Kier alpha value is -2.57. The zero-order valence-electron chi connectivity index (χ0n) is 12.8. The predicted molar refractivity (Wildman–Crippen MR) is 87.2 cm³/mol. The van der Waals surface area contributed by atoms with E-state index in [-0.39, 0.29) is 12.5 Å². The Labute approximate surface area is 134 Å². The molecule has 0 unspecified atom stereocenters. The highest BCUT2D eigenvalue weighted by Crippen LogP contribution is 2.12. The van der Waals surface area contributed by atoms with Crippen LogP contribution >= 0.6 is 0 Å². The SMILES string of the molecule is COc1ccc(CNC(=O)Nc2ccc(CC(O)O)cc2)cc1. The number of rotatable bonds is 6. The topological polar surface area (TPSA) is 90.8 Å². The van der Waals surface area contributed by atoms with E-state index >= 15 is 0 Å². The molecule has 0 aliphatic rings. The Morgan fingerprint density at radius 1 is 1.04 bits per heavy atom. The van der Waals surface area contributed by atoms with E-state index in [9.17, 15) is 4.79 Å². The van der Waals surface area contributed by atoms with Crippen molar-refractivity contribution in [3.05, 3.63) is 59.7 Å². The van der Waals surface area contributed by atoms with Gasteiger partial charge in [-0.25, -0.2) is 4.79 Å². The molecule has 23 heavy (non-hydrogen) atoms. The number of benzene rings is 2. The van der Waals surface area contributed by atoms with Crippen LogP contribution in [0.5, 0.6) is 5.75 Å². The van der Waals surface area contributed by atoms with Crippen LogP contribution in [-0.4, -0.2) is 29.6 Å². The van der Waals surface area contributed by atoms with Crippen LogP contribution in [-0.2, 0) is 13.0 Å². The van der Waals surface area contributed by atoms with Crippen molar-refractivity contribution in [3.8, 4) is 5.75 Å². The van der Waals surface area contributed by atoms with E-state index < -0.39 is 6.29 Å². The Morgan fingerprint density at radius 2 is 1.65 bits per heavy atom. The average molecular weight is 316 g/mol. The van der Waals surface area contributed by atoms with Gasteiger partial charge in [-0.05, 0) is 35.4 Å². The molecule has 2 aromatic rings. The van der Waals surface area contributed by atoms with Gasteiger partial charge in [0.2, 0.25) is 0 Å². The minimum atomic E-state index is -1.37. The van der Waals surface area contributed by atoms with Gasteiger partial charge in [0.25, 0.3) is 0 Å². The second-order valence-corrected chi connectivity index (χ2v) is 5.04. The zero-order chi connectivity index (χ0) is 16.7. The highest BCUT2D eigenvalue weighted by Gasteiger charge is 2.04. The fraction of sp³-hybridized carbons (Fsp3) is 0.235. The number of aliphatic hydroxyl groups excluding tert-OH is 1. The van der Waals surface area contributed by atoms with E-state index in [1.807, 2.05) is 24.3 Å². The predicted octanol–water partition coefficient (Wildman–Crippen LogP) is 1.87. The van der Waals surface area contributed by atoms with Gasteiger partial charge in [0.1, 0.15) is 5.75 Å². The van der Waals surface area contributed by atoms with Gasteiger partial charge in [0.15, 0.2) is 6.29 Å². The third-order valence-electron chi connectivity index (χ3n) is 3.24. The zero-order valence-corrected chi connectivity index (χ0v) is 12.8. The molecule has 0 saturated heterocycles. The van der Waals surface area contributed by atoms with Crippen LogP contribution in [0.2, 0.25) is 0 Å². The van der Waals surface area contributed by atoms with Crippen molar-refractivity contribution in [2.45, 2.75) is 19.3 Å². The summed E-state index contributed by atoms with van der Waals surface area (Å²) in [5.74, 6) is 0.770. The number of carbonyl (C=O) groups is 1. The highest BCUT2D eigenvalue weighted by atomic mass is 16.5. The molecule has 0 spiro atoms. The van der Waals surface area contributed by atoms with Crippen LogP contribution in [0.1, 0.15) is 11.1 Å². The van der Waals surface area contributed by atoms with Crippen LogP contribution in [0.25, 0.3) is 0 Å². The summed E-state index contributed by atoms with van der Waals surface area (Å²) in [7, 11) is 1.60. The van der Waals surface area contributed by atoms with Crippen LogP contribution in [0.4, 0.5) is 10.5 Å². The Balaban J connectivity index is 1.81. The maximum Gasteiger partial charge on any atom is 0.319 e. The number of hydrogen-bond acceptors (Lipinski definition) is 4. The summed E-state index contributed by atoms with van der Waals surface area (Å²) in [4.78, 5) is 11.8. The molecular formula is C17H20N2O4. The van der Waals surface area contributed by atoms with Crippen molar-refractivity contribution in [1.82, 2.24) is 5.32 Å². The van der Waals surface area contributed by atoms with E-state index in [2.05, 4.69) is 10.6 Å². The van der Waals surface area contributed by atoms with Gasteiger partial charge in [-0.15, -0.1) is 0 Å². The van der Waals surface area contributed by atoms with E-state index in [0.29, 0.717) is 12.2 Å². The Morgan fingerprint density at radius 3 is 2.22 bits per heavy atom. The molecule has 0 aliphatic carbocycles. The van der Waals surface area contributed by atoms with Gasteiger partial charge in [-0.3, -0.25) is 0 Å². The first kappa shape index (κ1) is 16.8. The molecular weight excluding hydrogens is 296 g/mol. The smallest absolute Gasteiger partial charge is 0.319 e. The molecule has 0 atom stereocenters. The summed E-state index contributed by atoms with van der Waals surface area (Å²) >= 11 is 0. The summed E-state index contributed by atoms with van der Waals surface area (Å²) in [6.07, 6.45) is -1.22. The number of anilines is 1. The first-order valence-electron chi connectivity index (χ1n) is 7.19. The quantitative estimate of drug-likeness (QED) is 0.612. The maximum atomic E-state index is 11.8. The number of carbonyl (C=O) groups excluding carboxylic acids is 1. The molecule has 2 aromatic carbocycles. The summed E-state index contributed by atoms with van der Waals surface area (Å²) in [6, 6.07) is 14.0. The van der Waals surface area contributed by atoms with E-state index in [4.69, 9.17) is 14.9 Å². The Bertz CT molecular complexity index is 624. The summed E-state index contributed by atoms with van der Waals surface area (Å²) in [6.45, 7) is 0.407. The average Bonchev–Trinajstić information content (AvgIpc) is 2.55. The number of urea groups is 1. The van der Waals surface area contributed by atoms with Crippen molar-refractivity contribution in [1.29, 1.82) is 0 Å². The van der Waals surface area contributed by atoms with Crippen LogP contribution in [0.15, 0.2) is 48.5 Å². The molecule has 6 heteroatoms. The third kappa shape index (κ3) is 5.61. The maximum absolute atomic E-state index is 11.8. The number of hydrogen-bond donors (Lipinski definition) is 4. The van der Waals surface area contributed by atoms with Crippen molar-refractivity contribution >= 4 is 11.7 Å². The summed E-state index contributed by atoms with van der Waals surface area (Å²) in [5.41, 5.74) is 2.38. The first-order chi connectivity index (χ1) is 11.1. The van der Waals surface area contributed by atoms with E-state index in [1.54, 1.807) is 31.4 Å². The normalized spacial score (nSPS) is 10.4. The third-order valence-corrected chi connectivity index (χ3v) is 3.24. The number of aliphatic hydroxyl groups is 2. The molecule has 0 radical (unpaired) electrons. The second-order valence-electron chi connectivity index (χ2n) is 5.04. The number of ether oxygens (including phenoxy) is 1. The van der Waals surface area contributed by atoms with Gasteiger partial charge in [0, 0.05) is 18.7 Å². The largest absolute Gasteiger partial charge is 0.497 e. The van der Waals surface area contributed by atoms with Gasteiger partial charge >= 0.3 is 6.03 Å². The van der Waals surface area contributed by atoms with Gasteiger partial charge in [-0.2, -0.15) is 0 Å². The molecule has 122 valence electrons. The molecule has 0 bridgehead atoms. The second kappa shape index (κ2) is 8.17. The molecule has 4 N–H and O–H groups in total. The monoisotopic (exact) mass is 316 g/mol. The lowest BCUT2D eigenvalue weighted by Crippen LogP contribution is -2.28. The molecule has 0 saturated carbocycles. The van der Waals surface area contributed by atoms with Gasteiger partial charge in [-0.1, -0.05) is 24.3 Å². The number of methoxy groups -OCH3 is 1. The van der Waals surface area contributed by atoms with Crippen LogP contribution < -0.4 is 15.4 Å². The first-order valence-corrected chi connectivity index (χ1v) is 7.19. The summed E-state index contributed by atoms with van der Waals surface area (Å²) in [5, 5.41) is 23.3. The summed E-state index contributed by atoms with van der Waals surface area (Å²) < 4.78 is 5.08. The lowest BCUT2D eigenvalue weighted by Gasteiger charge is -2.09. The molecule has 6 nitrogen and oxygen atoms in total. The lowest BCUT2D eigenvalue weighted by molar-refractivity contribution is -0.0381. The van der Waals surface area contributed by atoms with Gasteiger partial charge in [0.05, 0.1) is 7.11 Å². The van der Waals surface area contributed by atoms with Crippen molar-refractivity contribution in [2.75, 3.05) is 12.4 Å². The highest BCUT2D eigenvalue weighted by molar-refractivity contribution is 5.89. The Kier molecular flexibility index (Phi) is 5.96. The minimum Gasteiger partial charge on any atom is -0.497 e. The van der Waals surface area contributed by atoms with Crippen molar-refractivity contribution in [2.24, 2.45) is 0 Å². The molecule has 0 aliphatic heterocycles. The molecule has 0 aromatic heterocycles. The van der Waals surface area contributed by atoms with Crippen molar-refractivity contribution < 1.29 is 19.7 Å². The van der Waals surface area contributed by atoms with Crippen molar-refractivity contribution in [3.63, 3.8) is 0 Å². The standard InChI is InChI=1S/C17H20N2O4/c1-23-15-8-4-13(5-9-15)11-18-17(22)19-14-6-2-12(3-7-14)10-16(20)21/h2-9,16,20-21H,10-11H2,1H3,(H2,18,19,22).